The minimum atomic E-state index is -0.948. The number of carboxylic acid groups (broad SMARTS) is 1. The fourth-order valence-electron chi connectivity index (χ4n) is 2.02. The van der Waals surface area contributed by atoms with Crippen LogP contribution in [0.3, 0.4) is 0 Å². The number of carbonyl (C=O) groups is 1. The first-order valence-corrected chi connectivity index (χ1v) is 7.23. The number of thioether (sulfide) groups is 1. The molecule has 1 aromatic carbocycles. The maximum absolute atomic E-state index is 11.5. The molecule has 21 heavy (non-hydrogen) atoms. The van der Waals surface area contributed by atoms with Gasteiger partial charge in [-0.15, -0.1) is 0 Å². The van der Waals surface area contributed by atoms with Crippen LogP contribution in [0.15, 0.2) is 41.4 Å². The molecule has 1 unspecified atom stereocenters. The summed E-state index contributed by atoms with van der Waals surface area (Å²) in [6, 6.07) is 12.9. The number of pyridine rings is 1. The minimum Gasteiger partial charge on any atom is -0.480 e. The molecule has 0 fully saturated rings. The molecule has 0 radical (unpaired) electrons. The Bertz CT molecular complexity index is 708. The number of rotatable bonds is 4. The third-order valence-corrected chi connectivity index (χ3v) is 4.21. The third kappa shape index (κ3) is 3.41. The van der Waals surface area contributed by atoms with Crippen molar-refractivity contribution in [3.8, 4) is 6.07 Å². The first kappa shape index (κ1) is 15.1. The van der Waals surface area contributed by atoms with Crippen molar-refractivity contribution in [2.75, 3.05) is 0 Å². The molecule has 5 heteroatoms. The quantitative estimate of drug-likeness (QED) is 0.875. The summed E-state index contributed by atoms with van der Waals surface area (Å²) in [4.78, 5) is 15.9. The standard InChI is InChI=1S/C16H14N2O2S/c1-10-8-11(2)18-15(13(10)9-17)21-14(16(19)20)12-6-4-3-5-7-12/h3-8,14H,1-2H3,(H,19,20). The lowest BCUT2D eigenvalue weighted by atomic mass is 10.1. The van der Waals surface area contributed by atoms with Crippen molar-refractivity contribution in [1.82, 2.24) is 4.98 Å². The average Bonchev–Trinajstić information content (AvgIpc) is 2.45. The second-order valence-electron chi connectivity index (χ2n) is 4.62. The molecule has 4 nitrogen and oxygen atoms in total. The van der Waals surface area contributed by atoms with Crippen LogP contribution in [-0.4, -0.2) is 16.1 Å². The number of aromatic nitrogens is 1. The minimum absolute atomic E-state index is 0.438. The lowest BCUT2D eigenvalue weighted by Crippen LogP contribution is -2.09. The molecular weight excluding hydrogens is 284 g/mol. The summed E-state index contributed by atoms with van der Waals surface area (Å²) < 4.78 is 0. The number of aryl methyl sites for hydroxylation is 2. The molecule has 0 bridgehead atoms. The van der Waals surface area contributed by atoms with Crippen LogP contribution in [0, 0.1) is 25.2 Å². The highest BCUT2D eigenvalue weighted by Crippen LogP contribution is 2.36. The molecule has 0 aliphatic rings. The first-order valence-electron chi connectivity index (χ1n) is 6.35. The van der Waals surface area contributed by atoms with Crippen molar-refractivity contribution in [3.63, 3.8) is 0 Å². The van der Waals surface area contributed by atoms with E-state index in [1.54, 1.807) is 24.3 Å². The van der Waals surface area contributed by atoms with Crippen LogP contribution in [0.5, 0.6) is 0 Å². The van der Waals surface area contributed by atoms with E-state index in [1.807, 2.05) is 26.0 Å². The van der Waals surface area contributed by atoms with Crippen LogP contribution in [0.2, 0.25) is 0 Å². The number of carboxylic acids is 1. The van der Waals surface area contributed by atoms with Gasteiger partial charge in [0.15, 0.2) is 0 Å². The molecule has 1 heterocycles. The number of hydrogen-bond donors (Lipinski definition) is 1. The SMILES string of the molecule is Cc1cc(C)c(C#N)c(SC(C(=O)O)c2ccccc2)n1. The van der Waals surface area contributed by atoms with Crippen molar-refractivity contribution in [2.45, 2.75) is 24.1 Å². The van der Waals surface area contributed by atoms with Crippen LogP contribution >= 0.6 is 11.8 Å². The monoisotopic (exact) mass is 298 g/mol. The van der Waals surface area contributed by atoms with Crippen LogP contribution in [-0.2, 0) is 4.79 Å². The van der Waals surface area contributed by atoms with Crippen LogP contribution in [0.25, 0.3) is 0 Å². The number of nitriles is 1. The van der Waals surface area contributed by atoms with Gasteiger partial charge in [-0.2, -0.15) is 5.26 Å². The van der Waals surface area contributed by atoms with E-state index in [1.165, 1.54) is 0 Å². The van der Waals surface area contributed by atoms with E-state index in [0.717, 1.165) is 23.0 Å². The summed E-state index contributed by atoms with van der Waals surface area (Å²) >= 11 is 1.10. The number of aliphatic carboxylic acids is 1. The van der Waals surface area contributed by atoms with E-state index in [2.05, 4.69) is 11.1 Å². The summed E-state index contributed by atoms with van der Waals surface area (Å²) in [5.41, 5.74) is 2.70. The highest BCUT2D eigenvalue weighted by Gasteiger charge is 2.24. The lowest BCUT2D eigenvalue weighted by Gasteiger charge is -2.14. The fraction of sp³-hybridized carbons (Fsp3) is 0.188. The van der Waals surface area contributed by atoms with Gasteiger partial charge in [-0.25, -0.2) is 4.98 Å². The summed E-state index contributed by atoms with van der Waals surface area (Å²) in [6.45, 7) is 3.66. The van der Waals surface area contributed by atoms with Gasteiger partial charge in [0, 0.05) is 5.69 Å². The summed E-state index contributed by atoms with van der Waals surface area (Å²) in [7, 11) is 0. The summed E-state index contributed by atoms with van der Waals surface area (Å²) in [5.74, 6) is -0.948. The Morgan fingerprint density at radius 3 is 2.57 bits per heavy atom. The van der Waals surface area contributed by atoms with Gasteiger partial charge in [0.2, 0.25) is 0 Å². The molecule has 0 amide bonds. The second-order valence-corrected chi connectivity index (χ2v) is 5.71. The molecule has 0 saturated carbocycles. The van der Waals surface area contributed by atoms with E-state index < -0.39 is 11.2 Å². The zero-order valence-electron chi connectivity index (χ0n) is 11.7. The molecule has 1 N–H and O–H groups in total. The highest BCUT2D eigenvalue weighted by molar-refractivity contribution is 8.00. The smallest absolute Gasteiger partial charge is 0.321 e. The molecule has 2 aromatic rings. The Kier molecular flexibility index (Phi) is 4.61. The Hall–Kier alpha value is -2.32. The maximum Gasteiger partial charge on any atom is 0.321 e. The topological polar surface area (TPSA) is 74.0 Å². The number of benzene rings is 1. The fourth-order valence-corrected chi connectivity index (χ4v) is 3.16. The number of hydrogen-bond acceptors (Lipinski definition) is 4. The van der Waals surface area contributed by atoms with Gasteiger partial charge >= 0.3 is 5.97 Å². The van der Waals surface area contributed by atoms with Gasteiger partial charge in [-0.1, -0.05) is 42.1 Å². The molecule has 0 aliphatic carbocycles. The van der Waals surface area contributed by atoms with Gasteiger partial charge in [-0.05, 0) is 31.0 Å². The van der Waals surface area contributed by atoms with E-state index in [-0.39, 0.29) is 0 Å². The molecular formula is C16H14N2O2S. The Morgan fingerprint density at radius 2 is 2.00 bits per heavy atom. The van der Waals surface area contributed by atoms with Crippen molar-refractivity contribution in [1.29, 1.82) is 5.26 Å². The van der Waals surface area contributed by atoms with Gasteiger partial charge < -0.3 is 5.11 Å². The molecule has 0 spiro atoms. The summed E-state index contributed by atoms with van der Waals surface area (Å²) in [5, 5.41) is 18.4. The third-order valence-electron chi connectivity index (χ3n) is 2.98. The van der Waals surface area contributed by atoms with E-state index >= 15 is 0 Å². The Labute approximate surface area is 127 Å². The van der Waals surface area contributed by atoms with Crippen molar-refractivity contribution in [2.24, 2.45) is 0 Å². The molecule has 106 valence electrons. The predicted octanol–water partition coefficient (Wildman–Crippen LogP) is 3.49. The van der Waals surface area contributed by atoms with Crippen molar-refractivity contribution < 1.29 is 9.90 Å². The van der Waals surface area contributed by atoms with E-state index in [4.69, 9.17) is 0 Å². The molecule has 1 aromatic heterocycles. The Morgan fingerprint density at radius 1 is 1.33 bits per heavy atom. The molecule has 0 saturated heterocycles. The van der Waals surface area contributed by atoms with E-state index in [0.29, 0.717) is 16.2 Å². The second kappa shape index (κ2) is 6.42. The highest BCUT2D eigenvalue weighted by atomic mass is 32.2. The first-order chi connectivity index (χ1) is 10.0. The van der Waals surface area contributed by atoms with Crippen LogP contribution in [0.4, 0.5) is 0 Å². The van der Waals surface area contributed by atoms with Crippen LogP contribution < -0.4 is 0 Å². The average molecular weight is 298 g/mol. The van der Waals surface area contributed by atoms with Gasteiger partial charge in [0.25, 0.3) is 0 Å². The molecule has 2 rings (SSSR count). The zero-order valence-corrected chi connectivity index (χ0v) is 12.5. The normalized spacial score (nSPS) is 11.7. The van der Waals surface area contributed by atoms with Gasteiger partial charge in [0.05, 0.1) is 5.56 Å². The largest absolute Gasteiger partial charge is 0.480 e. The molecule has 1 atom stereocenters. The maximum atomic E-state index is 11.5. The summed E-state index contributed by atoms with van der Waals surface area (Å²) in [6.07, 6.45) is 0. The van der Waals surface area contributed by atoms with Crippen LogP contribution in [0.1, 0.15) is 27.6 Å². The van der Waals surface area contributed by atoms with E-state index in [9.17, 15) is 15.2 Å². The molecule has 0 aliphatic heterocycles. The zero-order chi connectivity index (χ0) is 15.4. The van der Waals surface area contributed by atoms with Gasteiger partial charge in [0.1, 0.15) is 16.3 Å². The number of nitrogens with zero attached hydrogens (tertiary/aromatic N) is 2. The van der Waals surface area contributed by atoms with Crippen molar-refractivity contribution in [3.05, 3.63) is 58.8 Å². The van der Waals surface area contributed by atoms with Crippen molar-refractivity contribution >= 4 is 17.7 Å². The Balaban J connectivity index is 2.44. The predicted molar refractivity (Wildman–Crippen MR) is 81.1 cm³/mol. The lowest BCUT2D eigenvalue weighted by molar-refractivity contribution is -0.136. The van der Waals surface area contributed by atoms with Gasteiger partial charge in [-0.3, -0.25) is 4.79 Å².